The Morgan fingerprint density at radius 3 is 2.62 bits per heavy atom. The predicted octanol–water partition coefficient (Wildman–Crippen LogP) is 1.42. The van der Waals surface area contributed by atoms with E-state index in [1.165, 1.54) is 12.8 Å². The molecule has 0 saturated carbocycles. The molecule has 0 unspecified atom stereocenters. The Bertz CT molecular complexity index is 552. The van der Waals surface area contributed by atoms with Crippen LogP contribution in [0.2, 0.25) is 0 Å². The Labute approximate surface area is 127 Å². The molecule has 21 heavy (non-hydrogen) atoms. The van der Waals surface area contributed by atoms with Gasteiger partial charge in [0.05, 0.1) is 5.75 Å². The van der Waals surface area contributed by atoms with Crippen LogP contribution in [-0.2, 0) is 15.8 Å². The van der Waals surface area contributed by atoms with E-state index in [0.717, 1.165) is 25.6 Å². The molecule has 0 amide bonds. The standard InChI is InChI=1S/C15H25N3O2S/c1-13-6-9-18(10-7-13)11-8-17-21(19,20)12-14-4-2-3-5-15(14)16/h2-5,13,17H,6-12,16H2,1H3. The average Bonchev–Trinajstić information content (AvgIpc) is 2.43. The molecule has 118 valence electrons. The monoisotopic (exact) mass is 311 g/mol. The maximum absolute atomic E-state index is 12.1. The van der Waals surface area contributed by atoms with E-state index >= 15 is 0 Å². The van der Waals surface area contributed by atoms with Gasteiger partial charge in [0.25, 0.3) is 0 Å². The van der Waals surface area contributed by atoms with Gasteiger partial charge in [-0.05, 0) is 43.5 Å². The third-order valence-electron chi connectivity index (χ3n) is 4.03. The average molecular weight is 311 g/mol. The highest BCUT2D eigenvalue weighted by molar-refractivity contribution is 7.88. The molecule has 0 aromatic heterocycles. The zero-order valence-electron chi connectivity index (χ0n) is 12.6. The van der Waals surface area contributed by atoms with Gasteiger partial charge in [0.15, 0.2) is 0 Å². The molecule has 2 rings (SSSR count). The highest BCUT2D eigenvalue weighted by atomic mass is 32.2. The number of sulfonamides is 1. The second-order valence-corrected chi connectivity index (χ2v) is 7.68. The number of rotatable bonds is 6. The first-order valence-electron chi connectivity index (χ1n) is 7.49. The first-order chi connectivity index (χ1) is 9.96. The van der Waals surface area contributed by atoms with E-state index in [2.05, 4.69) is 16.5 Å². The summed E-state index contributed by atoms with van der Waals surface area (Å²) in [6, 6.07) is 7.08. The molecule has 0 spiro atoms. The number of nitrogen functional groups attached to an aromatic ring is 1. The van der Waals surface area contributed by atoms with Gasteiger partial charge in [-0.2, -0.15) is 0 Å². The third-order valence-corrected chi connectivity index (χ3v) is 5.36. The molecule has 0 atom stereocenters. The molecule has 1 aromatic carbocycles. The van der Waals surface area contributed by atoms with Crippen molar-refractivity contribution >= 4 is 15.7 Å². The number of anilines is 1. The number of nitrogens with one attached hydrogen (secondary N) is 1. The summed E-state index contributed by atoms with van der Waals surface area (Å²) >= 11 is 0. The fraction of sp³-hybridized carbons (Fsp3) is 0.600. The molecule has 1 fully saturated rings. The van der Waals surface area contributed by atoms with E-state index in [1.54, 1.807) is 24.3 Å². The molecule has 1 aliphatic heterocycles. The van der Waals surface area contributed by atoms with E-state index in [9.17, 15) is 8.42 Å². The molecule has 0 radical (unpaired) electrons. The lowest BCUT2D eigenvalue weighted by molar-refractivity contribution is 0.195. The van der Waals surface area contributed by atoms with Gasteiger partial charge in [-0.3, -0.25) is 0 Å². The number of piperidine rings is 1. The van der Waals surface area contributed by atoms with Gasteiger partial charge in [0, 0.05) is 18.8 Å². The van der Waals surface area contributed by atoms with Gasteiger partial charge in [0.1, 0.15) is 0 Å². The number of benzene rings is 1. The summed E-state index contributed by atoms with van der Waals surface area (Å²) in [7, 11) is -3.33. The van der Waals surface area contributed by atoms with E-state index in [4.69, 9.17) is 5.73 Å². The van der Waals surface area contributed by atoms with Crippen molar-refractivity contribution in [1.82, 2.24) is 9.62 Å². The van der Waals surface area contributed by atoms with Crippen molar-refractivity contribution in [3.8, 4) is 0 Å². The van der Waals surface area contributed by atoms with Gasteiger partial charge in [0.2, 0.25) is 10.0 Å². The Hall–Kier alpha value is -1.11. The molecule has 1 saturated heterocycles. The second-order valence-electron chi connectivity index (χ2n) is 5.88. The van der Waals surface area contributed by atoms with Gasteiger partial charge in [-0.25, -0.2) is 13.1 Å². The van der Waals surface area contributed by atoms with Crippen LogP contribution in [0.15, 0.2) is 24.3 Å². The minimum absolute atomic E-state index is 0.0588. The summed E-state index contributed by atoms with van der Waals surface area (Å²) in [5, 5.41) is 0. The lowest BCUT2D eigenvalue weighted by Gasteiger charge is -2.30. The zero-order chi connectivity index (χ0) is 15.3. The number of hydrogen-bond donors (Lipinski definition) is 2. The maximum Gasteiger partial charge on any atom is 0.215 e. The van der Waals surface area contributed by atoms with Crippen LogP contribution in [0.1, 0.15) is 25.3 Å². The van der Waals surface area contributed by atoms with Crippen molar-refractivity contribution in [1.29, 1.82) is 0 Å². The van der Waals surface area contributed by atoms with Crippen molar-refractivity contribution in [3.63, 3.8) is 0 Å². The fourth-order valence-corrected chi connectivity index (χ4v) is 3.74. The predicted molar refractivity (Wildman–Crippen MR) is 86.3 cm³/mol. The number of likely N-dealkylation sites (tertiary alicyclic amines) is 1. The number of hydrogen-bond acceptors (Lipinski definition) is 4. The van der Waals surface area contributed by atoms with Gasteiger partial charge in [-0.1, -0.05) is 25.1 Å². The maximum atomic E-state index is 12.1. The van der Waals surface area contributed by atoms with Crippen molar-refractivity contribution in [2.75, 3.05) is 31.9 Å². The lowest BCUT2D eigenvalue weighted by atomic mass is 9.99. The first kappa shape index (κ1) is 16.3. The summed E-state index contributed by atoms with van der Waals surface area (Å²) in [4.78, 5) is 2.32. The topological polar surface area (TPSA) is 75.4 Å². The summed E-state index contributed by atoms with van der Waals surface area (Å²) < 4.78 is 26.8. The summed E-state index contributed by atoms with van der Waals surface area (Å²) in [6.45, 7) is 5.63. The summed E-state index contributed by atoms with van der Waals surface area (Å²) in [5.41, 5.74) is 6.96. The quantitative estimate of drug-likeness (QED) is 0.779. The second kappa shape index (κ2) is 7.24. The van der Waals surface area contributed by atoms with Crippen molar-refractivity contribution in [3.05, 3.63) is 29.8 Å². The summed E-state index contributed by atoms with van der Waals surface area (Å²) in [6.07, 6.45) is 2.40. The molecule has 1 aliphatic rings. The smallest absolute Gasteiger partial charge is 0.215 e. The summed E-state index contributed by atoms with van der Waals surface area (Å²) in [5.74, 6) is 0.732. The van der Waals surface area contributed by atoms with Crippen molar-refractivity contribution in [2.24, 2.45) is 5.92 Å². The third kappa shape index (κ3) is 5.30. The van der Waals surface area contributed by atoms with E-state index in [0.29, 0.717) is 17.8 Å². The number of para-hydroxylation sites is 1. The molecular formula is C15H25N3O2S. The number of nitrogens with two attached hydrogens (primary N) is 1. The van der Waals surface area contributed by atoms with Crippen LogP contribution in [0.4, 0.5) is 5.69 Å². The Morgan fingerprint density at radius 2 is 1.95 bits per heavy atom. The van der Waals surface area contributed by atoms with E-state index in [-0.39, 0.29) is 5.75 Å². The normalized spacial score (nSPS) is 18.0. The van der Waals surface area contributed by atoms with Crippen LogP contribution < -0.4 is 10.5 Å². The Balaban J connectivity index is 1.78. The largest absolute Gasteiger partial charge is 0.398 e. The highest BCUT2D eigenvalue weighted by Crippen LogP contribution is 2.15. The Morgan fingerprint density at radius 1 is 1.29 bits per heavy atom. The van der Waals surface area contributed by atoms with Crippen LogP contribution in [0, 0.1) is 5.92 Å². The molecule has 1 aromatic rings. The first-order valence-corrected chi connectivity index (χ1v) is 9.14. The molecule has 0 aliphatic carbocycles. The van der Waals surface area contributed by atoms with Gasteiger partial charge >= 0.3 is 0 Å². The fourth-order valence-electron chi connectivity index (χ4n) is 2.57. The van der Waals surface area contributed by atoms with Crippen molar-refractivity contribution in [2.45, 2.75) is 25.5 Å². The SMILES string of the molecule is CC1CCN(CCNS(=O)(=O)Cc2ccccc2N)CC1. The number of nitrogens with zero attached hydrogens (tertiary/aromatic N) is 1. The minimum Gasteiger partial charge on any atom is -0.398 e. The Kier molecular flexibility index (Phi) is 5.61. The molecule has 6 heteroatoms. The van der Waals surface area contributed by atoms with Crippen LogP contribution in [0.5, 0.6) is 0 Å². The molecule has 1 heterocycles. The molecule has 0 bridgehead atoms. The van der Waals surface area contributed by atoms with Crippen LogP contribution in [-0.4, -0.2) is 39.5 Å². The van der Waals surface area contributed by atoms with Gasteiger partial charge in [-0.15, -0.1) is 0 Å². The van der Waals surface area contributed by atoms with E-state index in [1.807, 2.05) is 0 Å². The zero-order valence-corrected chi connectivity index (χ0v) is 13.4. The molecule has 3 N–H and O–H groups in total. The van der Waals surface area contributed by atoms with Gasteiger partial charge < -0.3 is 10.6 Å². The van der Waals surface area contributed by atoms with Crippen molar-refractivity contribution < 1.29 is 8.42 Å². The molecule has 5 nitrogen and oxygen atoms in total. The lowest BCUT2D eigenvalue weighted by Crippen LogP contribution is -2.39. The van der Waals surface area contributed by atoms with Crippen LogP contribution >= 0.6 is 0 Å². The van der Waals surface area contributed by atoms with E-state index < -0.39 is 10.0 Å². The van der Waals surface area contributed by atoms with Crippen LogP contribution in [0.3, 0.4) is 0 Å². The van der Waals surface area contributed by atoms with Crippen LogP contribution in [0.25, 0.3) is 0 Å². The highest BCUT2D eigenvalue weighted by Gasteiger charge is 2.17. The minimum atomic E-state index is -3.33. The molecular weight excluding hydrogens is 286 g/mol.